The minimum Gasteiger partial charge on any atom is -0.477 e. The van der Waals surface area contributed by atoms with Crippen molar-refractivity contribution in [3.63, 3.8) is 0 Å². The molecule has 0 radical (unpaired) electrons. The Morgan fingerprint density at radius 1 is 1.17 bits per heavy atom. The third kappa shape index (κ3) is 2.35. The molecule has 0 spiro atoms. The number of benzene rings is 1. The van der Waals surface area contributed by atoms with E-state index in [1.807, 2.05) is 6.92 Å². The van der Waals surface area contributed by atoms with E-state index in [1.54, 1.807) is 12.4 Å². The molecule has 1 aliphatic rings. The Balaban J connectivity index is 1.86. The minimum absolute atomic E-state index is 0.585. The molecular weight excluding hydrogens is 224 g/mol. The molecule has 3 rings (SSSR count). The highest BCUT2D eigenvalue weighted by Crippen LogP contribution is 2.40. The Morgan fingerprint density at radius 3 is 2.61 bits per heavy atom. The van der Waals surface area contributed by atoms with Crippen LogP contribution in [0.2, 0.25) is 0 Å². The minimum atomic E-state index is 0.585. The van der Waals surface area contributed by atoms with E-state index in [1.165, 1.54) is 18.4 Å². The highest BCUT2D eigenvalue weighted by atomic mass is 16.5. The first-order chi connectivity index (χ1) is 8.86. The van der Waals surface area contributed by atoms with Crippen LogP contribution in [0.4, 0.5) is 0 Å². The average molecular weight is 240 g/mol. The van der Waals surface area contributed by atoms with Gasteiger partial charge in [-0.2, -0.15) is 0 Å². The molecule has 1 saturated carbocycles. The fraction of sp³-hybridized carbons (Fsp3) is 0.333. The Bertz CT molecular complexity index is 532. The normalized spacial score (nSPS) is 14.5. The van der Waals surface area contributed by atoms with E-state index in [9.17, 15) is 0 Å². The van der Waals surface area contributed by atoms with Crippen LogP contribution in [0, 0.1) is 0 Å². The average Bonchev–Trinajstić information content (AvgIpc) is 3.24. The smallest absolute Gasteiger partial charge is 0.232 e. The number of hydrogen-bond acceptors (Lipinski definition) is 3. The third-order valence-corrected chi connectivity index (χ3v) is 3.16. The zero-order valence-corrected chi connectivity index (χ0v) is 10.5. The molecule has 18 heavy (non-hydrogen) atoms. The lowest BCUT2D eigenvalue weighted by atomic mass is 10.1. The van der Waals surface area contributed by atoms with Gasteiger partial charge in [0, 0.05) is 5.56 Å². The van der Waals surface area contributed by atoms with Gasteiger partial charge in [0.05, 0.1) is 24.7 Å². The molecule has 0 unspecified atom stereocenters. The van der Waals surface area contributed by atoms with Gasteiger partial charge < -0.3 is 4.74 Å². The highest BCUT2D eigenvalue weighted by molar-refractivity contribution is 5.59. The first-order valence-electron chi connectivity index (χ1n) is 6.42. The van der Waals surface area contributed by atoms with Crippen LogP contribution in [0.1, 0.15) is 31.2 Å². The molecule has 1 aliphatic carbocycles. The van der Waals surface area contributed by atoms with Gasteiger partial charge in [-0.25, -0.2) is 4.98 Å². The maximum atomic E-state index is 5.37. The maximum Gasteiger partial charge on any atom is 0.232 e. The van der Waals surface area contributed by atoms with Crippen molar-refractivity contribution in [2.45, 2.75) is 25.7 Å². The van der Waals surface area contributed by atoms with E-state index in [4.69, 9.17) is 4.74 Å². The summed E-state index contributed by atoms with van der Waals surface area (Å²) >= 11 is 0. The van der Waals surface area contributed by atoms with Crippen molar-refractivity contribution in [3.8, 4) is 17.1 Å². The molecule has 3 heteroatoms. The van der Waals surface area contributed by atoms with Crippen LogP contribution in [-0.2, 0) is 0 Å². The summed E-state index contributed by atoms with van der Waals surface area (Å²) in [5.41, 5.74) is 3.39. The van der Waals surface area contributed by atoms with Crippen LogP contribution in [0.15, 0.2) is 36.7 Å². The lowest BCUT2D eigenvalue weighted by Crippen LogP contribution is -1.96. The number of ether oxygens (including phenoxy) is 1. The van der Waals surface area contributed by atoms with E-state index in [0.29, 0.717) is 12.5 Å². The molecule has 92 valence electrons. The van der Waals surface area contributed by atoms with Gasteiger partial charge in [0.2, 0.25) is 5.88 Å². The zero-order chi connectivity index (χ0) is 12.4. The van der Waals surface area contributed by atoms with Crippen molar-refractivity contribution in [3.05, 3.63) is 42.2 Å². The molecule has 2 aromatic rings. The first-order valence-corrected chi connectivity index (χ1v) is 6.42. The standard InChI is InChI=1S/C15H16N2O/c1-2-18-15-10-16-9-14(17-15)13-7-5-12(6-8-13)11-3-4-11/h5-11H,2-4H2,1H3. The second-order valence-electron chi connectivity index (χ2n) is 4.57. The summed E-state index contributed by atoms with van der Waals surface area (Å²) in [7, 11) is 0. The number of rotatable bonds is 4. The topological polar surface area (TPSA) is 35.0 Å². The lowest BCUT2D eigenvalue weighted by Gasteiger charge is -2.05. The first kappa shape index (κ1) is 11.2. The molecule has 0 amide bonds. The van der Waals surface area contributed by atoms with Crippen molar-refractivity contribution in [2.24, 2.45) is 0 Å². The predicted octanol–water partition coefficient (Wildman–Crippen LogP) is 3.42. The molecule has 0 atom stereocenters. The summed E-state index contributed by atoms with van der Waals surface area (Å²) in [6, 6.07) is 8.63. The van der Waals surface area contributed by atoms with Crippen molar-refractivity contribution in [1.82, 2.24) is 9.97 Å². The van der Waals surface area contributed by atoms with Crippen molar-refractivity contribution in [2.75, 3.05) is 6.61 Å². The van der Waals surface area contributed by atoms with Crippen molar-refractivity contribution < 1.29 is 4.74 Å². The van der Waals surface area contributed by atoms with Gasteiger partial charge in [-0.15, -0.1) is 0 Å². The second-order valence-corrected chi connectivity index (χ2v) is 4.57. The zero-order valence-electron chi connectivity index (χ0n) is 10.5. The summed E-state index contributed by atoms with van der Waals surface area (Å²) in [5.74, 6) is 1.38. The Hall–Kier alpha value is -1.90. The van der Waals surface area contributed by atoms with E-state index in [0.717, 1.165) is 17.2 Å². The van der Waals surface area contributed by atoms with Crippen LogP contribution >= 0.6 is 0 Å². The van der Waals surface area contributed by atoms with Gasteiger partial charge >= 0.3 is 0 Å². The fourth-order valence-electron chi connectivity index (χ4n) is 2.05. The molecule has 1 heterocycles. The molecule has 3 nitrogen and oxygen atoms in total. The second kappa shape index (κ2) is 4.77. The van der Waals surface area contributed by atoms with Gasteiger partial charge in [-0.1, -0.05) is 24.3 Å². The number of nitrogens with zero attached hydrogens (tertiary/aromatic N) is 2. The molecule has 0 saturated heterocycles. The summed E-state index contributed by atoms with van der Waals surface area (Å²) < 4.78 is 5.37. The molecule has 0 bridgehead atoms. The van der Waals surface area contributed by atoms with Gasteiger partial charge in [-0.05, 0) is 31.2 Å². The quantitative estimate of drug-likeness (QED) is 0.821. The Labute approximate surface area is 107 Å². The SMILES string of the molecule is CCOc1cncc(-c2ccc(C3CC3)cc2)n1. The largest absolute Gasteiger partial charge is 0.477 e. The summed E-state index contributed by atoms with van der Waals surface area (Å²) in [5, 5.41) is 0. The fourth-order valence-corrected chi connectivity index (χ4v) is 2.05. The van der Waals surface area contributed by atoms with Gasteiger partial charge in [-0.3, -0.25) is 4.98 Å². The number of aromatic nitrogens is 2. The lowest BCUT2D eigenvalue weighted by molar-refractivity contribution is 0.325. The molecular formula is C15H16N2O. The van der Waals surface area contributed by atoms with Crippen molar-refractivity contribution >= 4 is 0 Å². The highest BCUT2D eigenvalue weighted by Gasteiger charge is 2.23. The van der Waals surface area contributed by atoms with E-state index in [-0.39, 0.29) is 0 Å². The van der Waals surface area contributed by atoms with E-state index in [2.05, 4.69) is 34.2 Å². The van der Waals surface area contributed by atoms with Crippen molar-refractivity contribution in [1.29, 1.82) is 0 Å². The van der Waals surface area contributed by atoms with Gasteiger partial charge in [0.15, 0.2) is 0 Å². The third-order valence-electron chi connectivity index (χ3n) is 3.16. The monoisotopic (exact) mass is 240 g/mol. The molecule has 0 N–H and O–H groups in total. The summed E-state index contributed by atoms with van der Waals surface area (Å²) in [4.78, 5) is 8.60. The molecule has 1 fully saturated rings. The van der Waals surface area contributed by atoms with Crippen LogP contribution < -0.4 is 4.74 Å². The molecule has 0 aliphatic heterocycles. The molecule has 1 aromatic carbocycles. The number of hydrogen-bond donors (Lipinski definition) is 0. The summed E-state index contributed by atoms with van der Waals surface area (Å²) in [6.07, 6.45) is 6.08. The Morgan fingerprint density at radius 2 is 1.94 bits per heavy atom. The van der Waals surface area contributed by atoms with Crippen LogP contribution in [0.3, 0.4) is 0 Å². The predicted molar refractivity (Wildman–Crippen MR) is 70.6 cm³/mol. The summed E-state index contributed by atoms with van der Waals surface area (Å²) in [6.45, 7) is 2.55. The van der Waals surface area contributed by atoms with Gasteiger partial charge in [0.1, 0.15) is 0 Å². The van der Waals surface area contributed by atoms with Gasteiger partial charge in [0.25, 0.3) is 0 Å². The van der Waals surface area contributed by atoms with E-state index < -0.39 is 0 Å². The van der Waals surface area contributed by atoms with E-state index >= 15 is 0 Å². The molecule has 1 aromatic heterocycles. The van der Waals surface area contributed by atoms with Crippen LogP contribution in [0.5, 0.6) is 5.88 Å². The van der Waals surface area contributed by atoms with Crippen LogP contribution in [-0.4, -0.2) is 16.6 Å². The Kier molecular flexibility index (Phi) is 2.97. The van der Waals surface area contributed by atoms with Crippen LogP contribution in [0.25, 0.3) is 11.3 Å². The maximum absolute atomic E-state index is 5.37.